The molecule has 3 rings (SSSR count). The summed E-state index contributed by atoms with van der Waals surface area (Å²) >= 11 is 0. The van der Waals surface area contributed by atoms with Gasteiger partial charge in [-0.1, -0.05) is 30.3 Å². The number of benzene rings is 3. The summed E-state index contributed by atoms with van der Waals surface area (Å²) in [5.41, 5.74) is 0.165. The van der Waals surface area contributed by atoms with Crippen molar-refractivity contribution < 1.29 is 31.5 Å². The fourth-order valence-electron chi connectivity index (χ4n) is 2.96. The van der Waals surface area contributed by atoms with Gasteiger partial charge in [0.2, 0.25) is 0 Å². The average molecular weight is 474 g/mol. The minimum absolute atomic E-state index is 0.208. The van der Waals surface area contributed by atoms with E-state index in [2.05, 4.69) is 4.72 Å². The number of anilines is 2. The number of ether oxygens (including phenoxy) is 1. The summed E-state index contributed by atoms with van der Waals surface area (Å²) in [5.74, 6) is -3.59. The molecule has 0 bridgehead atoms. The van der Waals surface area contributed by atoms with Gasteiger partial charge in [-0.25, -0.2) is 22.0 Å². The predicted molar refractivity (Wildman–Crippen MR) is 118 cm³/mol. The Morgan fingerprint density at radius 2 is 1.61 bits per heavy atom. The molecule has 0 saturated heterocycles. The van der Waals surface area contributed by atoms with E-state index in [0.29, 0.717) is 17.8 Å². The van der Waals surface area contributed by atoms with Gasteiger partial charge in [-0.05, 0) is 49.4 Å². The van der Waals surface area contributed by atoms with E-state index in [1.807, 2.05) is 0 Å². The smallest absolute Gasteiger partial charge is 0.341 e. The molecule has 0 spiro atoms. The molecule has 3 aromatic rings. The number of para-hydroxylation sites is 2. The first-order chi connectivity index (χ1) is 15.6. The second-order valence-corrected chi connectivity index (χ2v) is 8.66. The first kappa shape index (κ1) is 23.9. The number of nitrogens with one attached hydrogen (secondary N) is 1. The molecule has 0 fully saturated rings. The van der Waals surface area contributed by atoms with Crippen molar-refractivity contribution in [2.45, 2.75) is 17.9 Å². The number of rotatable bonds is 7. The van der Waals surface area contributed by atoms with Crippen LogP contribution in [0.2, 0.25) is 0 Å². The van der Waals surface area contributed by atoms with Crippen LogP contribution in [0.1, 0.15) is 17.3 Å². The highest BCUT2D eigenvalue weighted by Crippen LogP contribution is 2.24. The van der Waals surface area contributed by atoms with Crippen LogP contribution in [0.3, 0.4) is 0 Å². The molecule has 0 saturated carbocycles. The minimum Gasteiger partial charge on any atom is -0.449 e. The van der Waals surface area contributed by atoms with Gasteiger partial charge >= 0.3 is 5.97 Å². The van der Waals surface area contributed by atoms with E-state index in [4.69, 9.17) is 4.74 Å². The standard InChI is InChI=1S/C23H20F2N2O5S/c1-15(22(28)27(2)17-8-4-3-5-9-17)32-23(29)18-10-6-7-11-20(18)26-33(30,31)21-14-16(24)12-13-19(21)25/h3-15,26H,1-2H3. The number of nitrogens with zero attached hydrogens (tertiary/aromatic N) is 1. The first-order valence-electron chi connectivity index (χ1n) is 9.70. The maximum atomic E-state index is 14.0. The van der Waals surface area contributed by atoms with Crippen LogP contribution < -0.4 is 9.62 Å². The topological polar surface area (TPSA) is 92.8 Å². The Labute approximate surface area is 189 Å². The molecule has 0 aliphatic rings. The number of hydrogen-bond donors (Lipinski definition) is 1. The van der Waals surface area contributed by atoms with Crippen LogP contribution >= 0.6 is 0 Å². The Morgan fingerprint density at radius 1 is 0.970 bits per heavy atom. The van der Waals surface area contributed by atoms with Crippen LogP contribution in [0.15, 0.2) is 77.7 Å². The van der Waals surface area contributed by atoms with E-state index in [1.165, 1.54) is 43.1 Å². The second kappa shape index (κ2) is 9.78. The monoisotopic (exact) mass is 474 g/mol. The van der Waals surface area contributed by atoms with E-state index in [1.54, 1.807) is 30.3 Å². The molecule has 172 valence electrons. The van der Waals surface area contributed by atoms with Gasteiger partial charge in [-0.2, -0.15) is 0 Å². The van der Waals surface area contributed by atoms with E-state index in [9.17, 15) is 26.8 Å². The van der Waals surface area contributed by atoms with Crippen molar-refractivity contribution in [3.05, 3.63) is 90.0 Å². The summed E-state index contributed by atoms with van der Waals surface area (Å²) in [7, 11) is -3.04. The molecule has 1 N–H and O–H groups in total. The van der Waals surface area contributed by atoms with Crippen molar-refractivity contribution in [2.75, 3.05) is 16.7 Å². The van der Waals surface area contributed by atoms with Crippen molar-refractivity contribution in [2.24, 2.45) is 0 Å². The lowest BCUT2D eigenvalue weighted by Gasteiger charge is -2.22. The lowest BCUT2D eigenvalue weighted by Crippen LogP contribution is -2.37. The maximum absolute atomic E-state index is 14.0. The number of esters is 1. The summed E-state index contributed by atoms with van der Waals surface area (Å²) < 4.78 is 60.0. The average Bonchev–Trinajstić information content (AvgIpc) is 2.80. The Bertz CT molecular complexity index is 1280. The minimum atomic E-state index is -4.56. The van der Waals surface area contributed by atoms with Gasteiger partial charge in [0.25, 0.3) is 15.9 Å². The highest BCUT2D eigenvalue weighted by Gasteiger charge is 2.26. The fraction of sp³-hybridized carbons (Fsp3) is 0.130. The zero-order valence-electron chi connectivity index (χ0n) is 17.7. The zero-order valence-corrected chi connectivity index (χ0v) is 18.5. The number of carbonyl (C=O) groups excluding carboxylic acids is 2. The van der Waals surface area contributed by atoms with E-state index >= 15 is 0 Å². The van der Waals surface area contributed by atoms with Gasteiger partial charge in [-0.3, -0.25) is 9.52 Å². The summed E-state index contributed by atoms with van der Waals surface area (Å²) in [6.07, 6.45) is -1.19. The molecule has 0 aliphatic heterocycles. The molecule has 7 nitrogen and oxygen atoms in total. The lowest BCUT2D eigenvalue weighted by atomic mass is 10.2. The molecular weight excluding hydrogens is 454 g/mol. The zero-order chi connectivity index (χ0) is 24.2. The third-order valence-corrected chi connectivity index (χ3v) is 6.06. The summed E-state index contributed by atoms with van der Waals surface area (Å²) in [6.45, 7) is 1.38. The van der Waals surface area contributed by atoms with Crippen molar-refractivity contribution in [3.63, 3.8) is 0 Å². The highest BCUT2D eigenvalue weighted by molar-refractivity contribution is 7.92. The van der Waals surface area contributed by atoms with Crippen LogP contribution in [0, 0.1) is 11.6 Å². The Morgan fingerprint density at radius 3 is 2.30 bits per heavy atom. The Hall–Kier alpha value is -3.79. The molecule has 1 atom stereocenters. The van der Waals surface area contributed by atoms with E-state index in [-0.39, 0.29) is 11.3 Å². The van der Waals surface area contributed by atoms with Gasteiger partial charge in [0, 0.05) is 12.7 Å². The normalized spacial score (nSPS) is 12.0. The summed E-state index contributed by atoms with van der Waals surface area (Å²) in [4.78, 5) is 25.8. The predicted octanol–water partition coefficient (Wildman–Crippen LogP) is 3.97. The van der Waals surface area contributed by atoms with Crippen molar-refractivity contribution >= 4 is 33.3 Å². The van der Waals surface area contributed by atoms with Crippen molar-refractivity contribution in [1.29, 1.82) is 0 Å². The third-order valence-electron chi connectivity index (χ3n) is 4.68. The summed E-state index contributed by atoms with van der Waals surface area (Å²) in [6, 6.07) is 16.1. The quantitative estimate of drug-likeness (QED) is 0.523. The number of amides is 1. The lowest BCUT2D eigenvalue weighted by molar-refractivity contribution is -0.126. The van der Waals surface area contributed by atoms with Crippen molar-refractivity contribution in [3.8, 4) is 0 Å². The number of hydrogen-bond acceptors (Lipinski definition) is 5. The van der Waals surface area contributed by atoms with E-state index < -0.39 is 44.5 Å². The number of carbonyl (C=O) groups is 2. The SMILES string of the molecule is CC(OC(=O)c1ccccc1NS(=O)(=O)c1cc(F)ccc1F)C(=O)N(C)c1ccccc1. The number of sulfonamides is 1. The molecule has 1 unspecified atom stereocenters. The molecule has 33 heavy (non-hydrogen) atoms. The molecule has 10 heteroatoms. The van der Waals surface area contributed by atoms with Crippen LogP contribution in [0.4, 0.5) is 20.2 Å². The molecule has 0 aliphatic carbocycles. The van der Waals surface area contributed by atoms with Gasteiger partial charge in [0.1, 0.15) is 16.5 Å². The van der Waals surface area contributed by atoms with Gasteiger partial charge in [0.05, 0.1) is 11.3 Å². The second-order valence-electron chi connectivity index (χ2n) is 7.01. The first-order valence-corrected chi connectivity index (χ1v) is 11.2. The third kappa shape index (κ3) is 5.53. The van der Waals surface area contributed by atoms with Crippen LogP contribution in [-0.2, 0) is 19.6 Å². The van der Waals surface area contributed by atoms with Gasteiger partial charge in [-0.15, -0.1) is 0 Å². The molecule has 0 aromatic heterocycles. The van der Waals surface area contributed by atoms with E-state index in [0.717, 1.165) is 6.07 Å². The van der Waals surface area contributed by atoms with Crippen molar-refractivity contribution in [1.82, 2.24) is 0 Å². The Balaban J connectivity index is 1.80. The highest BCUT2D eigenvalue weighted by atomic mass is 32.2. The molecule has 0 heterocycles. The molecule has 1 amide bonds. The molecular formula is C23H20F2N2O5S. The van der Waals surface area contributed by atoms with Gasteiger partial charge < -0.3 is 9.64 Å². The van der Waals surface area contributed by atoms with Gasteiger partial charge in [0.15, 0.2) is 6.10 Å². The summed E-state index contributed by atoms with van der Waals surface area (Å²) in [5, 5.41) is 0. The van der Waals surface area contributed by atoms with Crippen LogP contribution in [0.25, 0.3) is 0 Å². The largest absolute Gasteiger partial charge is 0.449 e. The van der Waals surface area contributed by atoms with Crippen LogP contribution in [-0.4, -0.2) is 33.4 Å². The Kier molecular flexibility index (Phi) is 7.07. The fourth-order valence-corrected chi connectivity index (χ4v) is 4.13. The number of likely N-dealkylation sites (N-methyl/N-ethyl adjacent to an activating group) is 1. The molecule has 0 radical (unpaired) electrons. The maximum Gasteiger partial charge on any atom is 0.341 e. The molecule has 3 aromatic carbocycles. The number of halogens is 2. The van der Waals surface area contributed by atoms with Crippen LogP contribution in [0.5, 0.6) is 0 Å².